The molecule has 1 aliphatic carbocycles. The van der Waals surface area contributed by atoms with Crippen LogP contribution in [0.3, 0.4) is 0 Å². The molecule has 1 aliphatic rings. The van der Waals surface area contributed by atoms with E-state index in [0.29, 0.717) is 22.7 Å². The summed E-state index contributed by atoms with van der Waals surface area (Å²) in [5, 5.41) is 12.1. The average molecular weight is 362 g/mol. The van der Waals surface area contributed by atoms with E-state index in [1.807, 2.05) is 11.6 Å². The molecule has 0 aliphatic heterocycles. The summed E-state index contributed by atoms with van der Waals surface area (Å²) >= 11 is 1.37. The fourth-order valence-electron chi connectivity index (χ4n) is 3.20. The number of hydrogen-bond acceptors (Lipinski definition) is 4. The molecule has 2 aromatic rings. The monoisotopic (exact) mass is 362 g/mol. The van der Waals surface area contributed by atoms with E-state index in [-0.39, 0.29) is 17.8 Å². The zero-order valence-corrected chi connectivity index (χ0v) is 15.4. The molecule has 1 aromatic heterocycles. The van der Waals surface area contributed by atoms with Gasteiger partial charge in [-0.05, 0) is 43.0 Å². The number of thioether (sulfide) groups is 1. The maximum atomic E-state index is 13.0. The molecule has 1 heterocycles. The van der Waals surface area contributed by atoms with Crippen molar-refractivity contribution in [1.82, 2.24) is 20.1 Å². The van der Waals surface area contributed by atoms with E-state index in [2.05, 4.69) is 22.4 Å². The number of nitrogens with zero attached hydrogens (tertiary/aromatic N) is 3. The highest BCUT2D eigenvalue weighted by atomic mass is 32.2. The zero-order chi connectivity index (χ0) is 17.8. The molecule has 2 atom stereocenters. The topological polar surface area (TPSA) is 59.8 Å². The largest absolute Gasteiger partial charge is 0.352 e. The second kappa shape index (κ2) is 7.99. The van der Waals surface area contributed by atoms with Crippen LogP contribution in [0.4, 0.5) is 4.39 Å². The number of benzene rings is 1. The van der Waals surface area contributed by atoms with E-state index in [0.717, 1.165) is 12.0 Å². The van der Waals surface area contributed by atoms with Gasteiger partial charge in [0.1, 0.15) is 5.82 Å². The molecule has 25 heavy (non-hydrogen) atoms. The number of carbonyl (C=O) groups excluding carboxylic acids is 1. The SMILES string of the molecule is CC1CCCCC1NC(=O)CSc1nnc(-c2ccc(F)cc2)n1C. The van der Waals surface area contributed by atoms with Gasteiger partial charge in [-0.3, -0.25) is 4.79 Å². The van der Waals surface area contributed by atoms with E-state index in [4.69, 9.17) is 0 Å². The lowest BCUT2D eigenvalue weighted by Crippen LogP contribution is -2.41. The van der Waals surface area contributed by atoms with Gasteiger partial charge in [0.25, 0.3) is 0 Å². The zero-order valence-electron chi connectivity index (χ0n) is 14.5. The molecule has 1 aromatic carbocycles. The van der Waals surface area contributed by atoms with Crippen LogP contribution in [0, 0.1) is 11.7 Å². The summed E-state index contributed by atoms with van der Waals surface area (Å²) in [6, 6.07) is 6.43. The maximum absolute atomic E-state index is 13.0. The Kier molecular flexibility index (Phi) is 5.73. The van der Waals surface area contributed by atoms with Crippen molar-refractivity contribution in [3.63, 3.8) is 0 Å². The van der Waals surface area contributed by atoms with Crippen LogP contribution in [0.2, 0.25) is 0 Å². The summed E-state index contributed by atoms with van der Waals surface area (Å²) in [7, 11) is 1.85. The minimum Gasteiger partial charge on any atom is -0.352 e. The molecule has 7 heteroatoms. The first-order chi connectivity index (χ1) is 12.0. The number of rotatable bonds is 5. The Morgan fingerprint density at radius 3 is 2.72 bits per heavy atom. The van der Waals surface area contributed by atoms with Gasteiger partial charge in [-0.1, -0.05) is 31.5 Å². The molecule has 0 radical (unpaired) electrons. The Morgan fingerprint density at radius 2 is 2.00 bits per heavy atom. The van der Waals surface area contributed by atoms with Gasteiger partial charge in [0.2, 0.25) is 5.91 Å². The highest BCUT2D eigenvalue weighted by molar-refractivity contribution is 7.99. The van der Waals surface area contributed by atoms with Gasteiger partial charge in [-0.15, -0.1) is 10.2 Å². The average Bonchev–Trinajstić information content (AvgIpc) is 2.97. The highest BCUT2D eigenvalue weighted by Gasteiger charge is 2.23. The quantitative estimate of drug-likeness (QED) is 0.828. The fourth-order valence-corrected chi connectivity index (χ4v) is 3.92. The van der Waals surface area contributed by atoms with Crippen molar-refractivity contribution >= 4 is 17.7 Å². The summed E-state index contributed by atoms with van der Waals surface area (Å²) in [6.07, 6.45) is 4.69. The van der Waals surface area contributed by atoms with Gasteiger partial charge in [-0.25, -0.2) is 4.39 Å². The Morgan fingerprint density at radius 1 is 1.28 bits per heavy atom. The van der Waals surface area contributed by atoms with Crippen LogP contribution >= 0.6 is 11.8 Å². The predicted molar refractivity (Wildman–Crippen MR) is 96.7 cm³/mol. The smallest absolute Gasteiger partial charge is 0.230 e. The van der Waals surface area contributed by atoms with Crippen LogP contribution in [0.1, 0.15) is 32.6 Å². The van der Waals surface area contributed by atoms with E-state index in [1.54, 1.807) is 12.1 Å². The molecule has 2 unspecified atom stereocenters. The summed E-state index contributed by atoms with van der Waals surface area (Å²) < 4.78 is 14.9. The van der Waals surface area contributed by atoms with Crippen LogP contribution < -0.4 is 5.32 Å². The first kappa shape index (κ1) is 17.9. The molecule has 1 amide bonds. The third kappa shape index (κ3) is 4.39. The molecule has 5 nitrogen and oxygen atoms in total. The standard InChI is InChI=1S/C18H23FN4OS/c1-12-5-3-4-6-15(12)20-16(24)11-25-18-22-21-17(23(18)2)13-7-9-14(19)10-8-13/h7-10,12,15H,3-6,11H2,1-2H3,(H,20,24). The first-order valence-electron chi connectivity index (χ1n) is 8.62. The van der Waals surface area contributed by atoms with E-state index < -0.39 is 0 Å². The van der Waals surface area contributed by atoms with E-state index >= 15 is 0 Å². The molecule has 134 valence electrons. The number of aromatic nitrogens is 3. The summed E-state index contributed by atoms with van der Waals surface area (Å²) in [5.74, 6) is 1.27. The van der Waals surface area contributed by atoms with E-state index in [1.165, 1.54) is 43.2 Å². The van der Waals surface area contributed by atoms with Crippen LogP contribution in [0.15, 0.2) is 29.4 Å². The Bertz CT molecular complexity index is 731. The number of amides is 1. The first-order valence-corrected chi connectivity index (χ1v) is 9.60. The molecule has 1 fully saturated rings. The molecule has 3 rings (SSSR count). The van der Waals surface area contributed by atoms with Crippen molar-refractivity contribution in [3.8, 4) is 11.4 Å². The molecular weight excluding hydrogens is 339 g/mol. The minimum absolute atomic E-state index is 0.0371. The van der Waals surface area contributed by atoms with Gasteiger partial charge in [0.05, 0.1) is 5.75 Å². The van der Waals surface area contributed by atoms with Gasteiger partial charge < -0.3 is 9.88 Å². The summed E-state index contributed by atoms with van der Waals surface area (Å²) in [5.41, 5.74) is 0.795. The molecule has 0 bridgehead atoms. The predicted octanol–water partition coefficient (Wildman–Crippen LogP) is 3.41. The normalized spacial score (nSPS) is 20.4. The molecule has 1 N–H and O–H groups in total. The van der Waals surface area contributed by atoms with Crippen molar-refractivity contribution in [3.05, 3.63) is 30.1 Å². The number of carbonyl (C=O) groups is 1. The maximum Gasteiger partial charge on any atom is 0.230 e. The minimum atomic E-state index is -0.283. The van der Waals surface area contributed by atoms with Gasteiger partial charge in [-0.2, -0.15) is 0 Å². The lowest BCUT2D eigenvalue weighted by molar-refractivity contribution is -0.119. The summed E-state index contributed by atoms with van der Waals surface area (Å²) in [6.45, 7) is 2.20. The summed E-state index contributed by atoms with van der Waals surface area (Å²) in [4.78, 5) is 12.2. The van der Waals surface area contributed by atoms with Crippen LogP contribution in [0.25, 0.3) is 11.4 Å². The Balaban J connectivity index is 1.58. The van der Waals surface area contributed by atoms with Crippen molar-refractivity contribution in [2.75, 3.05) is 5.75 Å². The highest BCUT2D eigenvalue weighted by Crippen LogP contribution is 2.25. The van der Waals surface area contributed by atoms with Crippen molar-refractivity contribution in [2.45, 2.75) is 43.8 Å². The van der Waals surface area contributed by atoms with E-state index in [9.17, 15) is 9.18 Å². The molecular formula is C18H23FN4OS. The van der Waals surface area contributed by atoms with Gasteiger partial charge in [0, 0.05) is 18.7 Å². The number of hydrogen-bond donors (Lipinski definition) is 1. The number of halogens is 1. The number of nitrogens with one attached hydrogen (secondary N) is 1. The van der Waals surface area contributed by atoms with Crippen molar-refractivity contribution in [2.24, 2.45) is 13.0 Å². The lowest BCUT2D eigenvalue weighted by Gasteiger charge is -2.29. The van der Waals surface area contributed by atoms with Crippen molar-refractivity contribution < 1.29 is 9.18 Å². The third-order valence-corrected chi connectivity index (χ3v) is 5.75. The Labute approximate surface area is 151 Å². The second-order valence-electron chi connectivity index (χ2n) is 6.60. The van der Waals surface area contributed by atoms with Gasteiger partial charge >= 0.3 is 0 Å². The third-order valence-electron chi connectivity index (χ3n) is 4.73. The van der Waals surface area contributed by atoms with Crippen LogP contribution in [0.5, 0.6) is 0 Å². The van der Waals surface area contributed by atoms with Crippen LogP contribution in [-0.2, 0) is 11.8 Å². The molecule has 0 spiro atoms. The molecule has 1 saturated carbocycles. The van der Waals surface area contributed by atoms with Gasteiger partial charge in [0.15, 0.2) is 11.0 Å². The Hall–Kier alpha value is -1.89. The van der Waals surface area contributed by atoms with Crippen molar-refractivity contribution in [1.29, 1.82) is 0 Å². The fraction of sp³-hybridized carbons (Fsp3) is 0.500. The molecule has 0 saturated heterocycles. The van der Waals surface area contributed by atoms with Crippen LogP contribution in [-0.4, -0.2) is 32.5 Å². The lowest BCUT2D eigenvalue weighted by atomic mass is 9.86. The second-order valence-corrected chi connectivity index (χ2v) is 7.54.